The van der Waals surface area contributed by atoms with Crippen LogP contribution in [0.2, 0.25) is 0 Å². The Morgan fingerprint density at radius 1 is 1.41 bits per heavy atom. The molecule has 0 unspecified atom stereocenters. The SMILES string of the molecule is CC(=O)N[C@H]1CCCN(C(=O)CCCc2cc(C)sc2C)C1. The predicted molar refractivity (Wildman–Crippen MR) is 90.1 cm³/mol. The van der Waals surface area contributed by atoms with Crippen molar-refractivity contribution in [2.45, 2.75) is 58.9 Å². The molecule has 5 heteroatoms. The summed E-state index contributed by atoms with van der Waals surface area (Å²) in [5.41, 5.74) is 1.38. The minimum absolute atomic E-state index is 0.0115. The molecule has 1 N–H and O–H groups in total. The van der Waals surface area contributed by atoms with E-state index in [1.165, 1.54) is 22.2 Å². The average molecular weight is 322 g/mol. The first-order valence-electron chi connectivity index (χ1n) is 8.06. The second kappa shape index (κ2) is 7.77. The van der Waals surface area contributed by atoms with Crippen LogP contribution < -0.4 is 5.32 Å². The van der Waals surface area contributed by atoms with Gasteiger partial charge in [0.1, 0.15) is 0 Å². The van der Waals surface area contributed by atoms with Gasteiger partial charge in [0.2, 0.25) is 11.8 Å². The van der Waals surface area contributed by atoms with Crippen molar-refractivity contribution in [1.29, 1.82) is 0 Å². The van der Waals surface area contributed by atoms with Crippen LogP contribution in [0.4, 0.5) is 0 Å². The molecular weight excluding hydrogens is 296 g/mol. The molecule has 4 nitrogen and oxygen atoms in total. The molecule has 0 aromatic carbocycles. The van der Waals surface area contributed by atoms with Gasteiger partial charge in [0.25, 0.3) is 0 Å². The zero-order chi connectivity index (χ0) is 16.1. The maximum atomic E-state index is 12.3. The number of amides is 2. The number of nitrogens with one attached hydrogen (secondary N) is 1. The van der Waals surface area contributed by atoms with Crippen molar-refractivity contribution in [1.82, 2.24) is 10.2 Å². The lowest BCUT2D eigenvalue weighted by molar-refractivity contribution is -0.133. The average Bonchev–Trinajstić information content (AvgIpc) is 2.76. The lowest BCUT2D eigenvalue weighted by Crippen LogP contribution is -2.49. The van der Waals surface area contributed by atoms with Crippen molar-refractivity contribution < 1.29 is 9.59 Å². The number of hydrogen-bond donors (Lipinski definition) is 1. The topological polar surface area (TPSA) is 49.4 Å². The van der Waals surface area contributed by atoms with E-state index in [1.54, 1.807) is 0 Å². The van der Waals surface area contributed by atoms with E-state index < -0.39 is 0 Å². The third kappa shape index (κ3) is 4.83. The highest BCUT2D eigenvalue weighted by molar-refractivity contribution is 7.12. The van der Waals surface area contributed by atoms with Gasteiger partial charge in [-0.15, -0.1) is 11.3 Å². The van der Waals surface area contributed by atoms with Crippen LogP contribution in [0.3, 0.4) is 0 Å². The van der Waals surface area contributed by atoms with E-state index in [-0.39, 0.29) is 17.9 Å². The molecule has 2 rings (SSSR count). The van der Waals surface area contributed by atoms with Crippen LogP contribution in [-0.4, -0.2) is 35.8 Å². The normalized spacial score (nSPS) is 18.3. The highest BCUT2D eigenvalue weighted by Gasteiger charge is 2.23. The first-order chi connectivity index (χ1) is 10.5. The van der Waals surface area contributed by atoms with Crippen LogP contribution in [0.25, 0.3) is 0 Å². The zero-order valence-electron chi connectivity index (χ0n) is 13.8. The summed E-state index contributed by atoms with van der Waals surface area (Å²) in [5.74, 6) is 0.210. The number of aryl methyl sites for hydroxylation is 3. The number of carbonyl (C=O) groups is 2. The smallest absolute Gasteiger partial charge is 0.222 e. The fraction of sp³-hybridized carbons (Fsp3) is 0.647. The molecule has 0 aliphatic carbocycles. The highest BCUT2D eigenvalue weighted by Crippen LogP contribution is 2.22. The van der Waals surface area contributed by atoms with E-state index in [9.17, 15) is 9.59 Å². The minimum atomic E-state index is -0.0115. The summed E-state index contributed by atoms with van der Waals surface area (Å²) in [6.07, 6.45) is 4.42. The Morgan fingerprint density at radius 2 is 2.18 bits per heavy atom. The monoisotopic (exact) mass is 322 g/mol. The molecule has 1 aliphatic heterocycles. The fourth-order valence-corrected chi connectivity index (χ4v) is 4.11. The number of hydrogen-bond acceptors (Lipinski definition) is 3. The second-order valence-electron chi connectivity index (χ2n) is 6.17. The van der Waals surface area contributed by atoms with E-state index in [0.29, 0.717) is 13.0 Å². The van der Waals surface area contributed by atoms with Crippen molar-refractivity contribution in [2.24, 2.45) is 0 Å². The van der Waals surface area contributed by atoms with Gasteiger partial charge in [0.15, 0.2) is 0 Å². The predicted octanol–water partition coefficient (Wildman–Crippen LogP) is 2.81. The maximum absolute atomic E-state index is 12.3. The van der Waals surface area contributed by atoms with Crippen molar-refractivity contribution in [2.75, 3.05) is 13.1 Å². The quantitative estimate of drug-likeness (QED) is 0.906. The van der Waals surface area contributed by atoms with E-state index in [0.717, 1.165) is 32.2 Å². The highest BCUT2D eigenvalue weighted by atomic mass is 32.1. The molecule has 1 aromatic heterocycles. The molecular formula is C17H26N2O2S. The molecule has 1 atom stereocenters. The maximum Gasteiger partial charge on any atom is 0.222 e. The van der Waals surface area contributed by atoms with E-state index in [4.69, 9.17) is 0 Å². The Labute approximate surface area is 136 Å². The number of rotatable bonds is 5. The van der Waals surface area contributed by atoms with Crippen molar-refractivity contribution >= 4 is 23.2 Å². The molecule has 0 radical (unpaired) electrons. The van der Waals surface area contributed by atoms with Gasteiger partial charge in [-0.05, 0) is 51.2 Å². The molecule has 122 valence electrons. The number of thiophene rings is 1. The van der Waals surface area contributed by atoms with Crippen LogP contribution in [0.5, 0.6) is 0 Å². The number of carbonyl (C=O) groups excluding carboxylic acids is 2. The number of nitrogens with zero attached hydrogens (tertiary/aromatic N) is 1. The molecule has 2 heterocycles. The van der Waals surface area contributed by atoms with Crippen LogP contribution in [0, 0.1) is 13.8 Å². The lowest BCUT2D eigenvalue weighted by atomic mass is 10.0. The van der Waals surface area contributed by atoms with Crippen molar-refractivity contribution in [3.05, 3.63) is 21.4 Å². The molecule has 2 amide bonds. The Hall–Kier alpha value is -1.36. The lowest BCUT2D eigenvalue weighted by Gasteiger charge is -2.33. The van der Waals surface area contributed by atoms with Gasteiger partial charge < -0.3 is 10.2 Å². The Morgan fingerprint density at radius 3 is 2.82 bits per heavy atom. The Balaban J connectivity index is 1.77. The van der Waals surface area contributed by atoms with Gasteiger partial charge in [0.05, 0.1) is 0 Å². The molecule has 0 bridgehead atoms. The summed E-state index contributed by atoms with van der Waals surface area (Å²) in [4.78, 5) is 28.1. The second-order valence-corrected chi connectivity index (χ2v) is 7.63. The van der Waals surface area contributed by atoms with Gasteiger partial charge >= 0.3 is 0 Å². The molecule has 1 fully saturated rings. The van der Waals surface area contributed by atoms with Crippen LogP contribution >= 0.6 is 11.3 Å². The van der Waals surface area contributed by atoms with Gasteiger partial charge in [-0.3, -0.25) is 9.59 Å². The molecule has 0 spiro atoms. The minimum Gasteiger partial charge on any atom is -0.352 e. The Bertz CT molecular complexity index is 539. The van der Waals surface area contributed by atoms with E-state index >= 15 is 0 Å². The number of piperidine rings is 1. The summed E-state index contributed by atoms with van der Waals surface area (Å²) >= 11 is 1.83. The van der Waals surface area contributed by atoms with Gasteiger partial charge in [-0.25, -0.2) is 0 Å². The number of likely N-dealkylation sites (tertiary alicyclic amines) is 1. The van der Waals surface area contributed by atoms with E-state index in [2.05, 4.69) is 25.2 Å². The molecule has 1 aliphatic rings. The largest absolute Gasteiger partial charge is 0.352 e. The summed E-state index contributed by atoms with van der Waals surface area (Å²) in [5, 5.41) is 2.93. The van der Waals surface area contributed by atoms with Gasteiger partial charge in [-0.1, -0.05) is 0 Å². The van der Waals surface area contributed by atoms with Gasteiger partial charge in [-0.2, -0.15) is 0 Å². The first kappa shape index (κ1) is 17.0. The summed E-state index contributed by atoms with van der Waals surface area (Å²) in [6.45, 7) is 7.30. The summed E-state index contributed by atoms with van der Waals surface area (Å²) in [6, 6.07) is 2.36. The molecule has 1 saturated heterocycles. The van der Waals surface area contributed by atoms with Crippen LogP contribution in [0.15, 0.2) is 6.07 Å². The standard InChI is InChI=1S/C17H26N2O2S/c1-12-10-15(13(2)22-12)6-4-8-17(21)19-9-5-7-16(11-19)18-14(3)20/h10,16H,4-9,11H2,1-3H3,(H,18,20)/t16-/m0/s1. The summed E-state index contributed by atoms with van der Waals surface area (Å²) in [7, 11) is 0. The van der Waals surface area contributed by atoms with Crippen LogP contribution in [0.1, 0.15) is 47.9 Å². The molecule has 1 aromatic rings. The molecule has 0 saturated carbocycles. The van der Waals surface area contributed by atoms with E-state index in [1.807, 2.05) is 16.2 Å². The Kier molecular flexibility index (Phi) is 6.00. The van der Waals surface area contributed by atoms with Crippen LogP contribution in [-0.2, 0) is 16.0 Å². The third-order valence-electron chi connectivity index (χ3n) is 4.16. The summed E-state index contributed by atoms with van der Waals surface area (Å²) < 4.78 is 0. The van der Waals surface area contributed by atoms with Crippen molar-refractivity contribution in [3.63, 3.8) is 0 Å². The molecule has 22 heavy (non-hydrogen) atoms. The fourth-order valence-electron chi connectivity index (χ4n) is 3.13. The third-order valence-corrected chi connectivity index (χ3v) is 5.17. The van der Waals surface area contributed by atoms with Crippen molar-refractivity contribution in [3.8, 4) is 0 Å². The first-order valence-corrected chi connectivity index (χ1v) is 8.88. The zero-order valence-corrected chi connectivity index (χ0v) is 14.6. The van der Waals surface area contributed by atoms with Gasteiger partial charge in [0, 0.05) is 42.2 Å².